The first-order valence-corrected chi connectivity index (χ1v) is 5.08. The summed E-state index contributed by atoms with van der Waals surface area (Å²) < 4.78 is 5.20. The third-order valence-electron chi connectivity index (χ3n) is 2.21. The van der Waals surface area contributed by atoms with Gasteiger partial charge in [-0.1, -0.05) is 11.6 Å². The summed E-state index contributed by atoms with van der Waals surface area (Å²) in [5, 5.41) is 9.63. The highest BCUT2D eigenvalue weighted by Gasteiger charge is 2.08. The molecule has 1 N–H and O–H groups in total. The van der Waals surface area contributed by atoms with Crippen LogP contribution in [-0.2, 0) is 0 Å². The van der Waals surface area contributed by atoms with Gasteiger partial charge in [0.2, 0.25) is 0 Å². The van der Waals surface area contributed by atoms with Crippen LogP contribution in [0.2, 0.25) is 5.02 Å². The van der Waals surface area contributed by atoms with Crippen LogP contribution in [0.4, 0.5) is 0 Å². The van der Waals surface area contributed by atoms with Gasteiger partial charge >= 0.3 is 0 Å². The molecule has 1 aromatic heterocycles. The van der Waals surface area contributed by atoms with Gasteiger partial charge in [0.25, 0.3) is 0 Å². The van der Waals surface area contributed by atoms with E-state index in [0.29, 0.717) is 16.5 Å². The van der Waals surface area contributed by atoms with Gasteiger partial charge in [-0.2, -0.15) is 0 Å². The summed E-state index contributed by atoms with van der Waals surface area (Å²) in [6, 6.07) is 8.55. The van der Waals surface area contributed by atoms with Crippen molar-refractivity contribution in [3.63, 3.8) is 0 Å². The second-order valence-corrected chi connectivity index (χ2v) is 3.63. The molecule has 0 saturated heterocycles. The summed E-state index contributed by atoms with van der Waals surface area (Å²) in [4.78, 5) is 4.23. The maximum Gasteiger partial charge on any atom is 0.145 e. The summed E-state index contributed by atoms with van der Waals surface area (Å²) >= 11 is 5.84. The number of hydrogen-bond donors (Lipinski definition) is 1. The fraction of sp³-hybridized carbons (Fsp3) is 0.0833. The number of benzene rings is 1. The number of phenolic OH excluding ortho intramolecular Hbond substituents is 1. The van der Waals surface area contributed by atoms with E-state index in [9.17, 15) is 5.11 Å². The molecule has 0 amide bonds. The number of aromatic hydroxyl groups is 1. The standard InChI is InChI=1S/C12H10ClNO2/c1-16-11-3-2-6-14-12(11)8-4-5-10(15)9(13)7-8/h2-7,15H,1H3. The first kappa shape index (κ1) is 10.8. The van der Waals surface area contributed by atoms with Crippen molar-refractivity contribution in [3.05, 3.63) is 41.6 Å². The normalized spacial score (nSPS) is 10.1. The van der Waals surface area contributed by atoms with Crippen molar-refractivity contribution < 1.29 is 9.84 Å². The van der Waals surface area contributed by atoms with Crippen molar-refractivity contribution in [3.8, 4) is 22.8 Å². The molecule has 0 saturated carbocycles. The molecular weight excluding hydrogens is 226 g/mol. The monoisotopic (exact) mass is 235 g/mol. The molecule has 0 spiro atoms. The van der Waals surface area contributed by atoms with Crippen LogP contribution >= 0.6 is 11.6 Å². The Balaban J connectivity index is 2.54. The number of methoxy groups -OCH3 is 1. The topological polar surface area (TPSA) is 42.4 Å². The second-order valence-electron chi connectivity index (χ2n) is 3.22. The Morgan fingerprint density at radius 2 is 2.12 bits per heavy atom. The molecule has 2 aromatic rings. The predicted molar refractivity (Wildman–Crippen MR) is 62.9 cm³/mol. The van der Waals surface area contributed by atoms with E-state index >= 15 is 0 Å². The quantitative estimate of drug-likeness (QED) is 0.870. The molecule has 3 nitrogen and oxygen atoms in total. The molecule has 82 valence electrons. The van der Waals surface area contributed by atoms with Gasteiger partial charge < -0.3 is 9.84 Å². The molecule has 1 aromatic carbocycles. The lowest BCUT2D eigenvalue weighted by atomic mass is 10.1. The van der Waals surface area contributed by atoms with E-state index in [4.69, 9.17) is 16.3 Å². The molecule has 0 radical (unpaired) electrons. The Morgan fingerprint density at radius 3 is 2.81 bits per heavy atom. The van der Waals surface area contributed by atoms with E-state index in [1.165, 1.54) is 6.07 Å². The summed E-state index contributed by atoms with van der Waals surface area (Å²) in [6.07, 6.45) is 1.68. The first-order chi connectivity index (χ1) is 7.72. The van der Waals surface area contributed by atoms with E-state index < -0.39 is 0 Å². The molecule has 0 aliphatic heterocycles. The Bertz CT molecular complexity index is 514. The highest BCUT2D eigenvalue weighted by atomic mass is 35.5. The number of nitrogens with zero attached hydrogens (tertiary/aromatic N) is 1. The molecule has 2 rings (SSSR count). The maximum atomic E-state index is 9.33. The third-order valence-corrected chi connectivity index (χ3v) is 2.51. The van der Waals surface area contributed by atoms with Gasteiger partial charge in [-0.25, -0.2) is 0 Å². The van der Waals surface area contributed by atoms with Gasteiger partial charge in [0.05, 0.1) is 12.1 Å². The van der Waals surface area contributed by atoms with Gasteiger partial charge in [-0.3, -0.25) is 4.98 Å². The van der Waals surface area contributed by atoms with Crippen LogP contribution < -0.4 is 4.74 Å². The van der Waals surface area contributed by atoms with Gasteiger partial charge in [0.1, 0.15) is 17.2 Å². The second kappa shape index (κ2) is 4.41. The zero-order chi connectivity index (χ0) is 11.5. The van der Waals surface area contributed by atoms with Crippen LogP contribution in [0.3, 0.4) is 0 Å². The Hall–Kier alpha value is -1.74. The lowest BCUT2D eigenvalue weighted by Gasteiger charge is -2.07. The van der Waals surface area contributed by atoms with Crippen LogP contribution in [0, 0.1) is 0 Å². The van der Waals surface area contributed by atoms with Crippen molar-refractivity contribution >= 4 is 11.6 Å². The van der Waals surface area contributed by atoms with E-state index in [1.807, 2.05) is 6.07 Å². The average molecular weight is 236 g/mol. The van der Waals surface area contributed by atoms with Gasteiger partial charge in [-0.15, -0.1) is 0 Å². The molecule has 0 aliphatic rings. The number of phenols is 1. The maximum absolute atomic E-state index is 9.33. The number of halogens is 1. The predicted octanol–water partition coefficient (Wildman–Crippen LogP) is 3.12. The van der Waals surface area contributed by atoms with E-state index in [-0.39, 0.29) is 5.75 Å². The zero-order valence-electron chi connectivity index (χ0n) is 8.64. The largest absolute Gasteiger partial charge is 0.506 e. The molecular formula is C12H10ClNO2. The van der Waals surface area contributed by atoms with E-state index in [0.717, 1.165) is 5.56 Å². The highest BCUT2D eigenvalue weighted by Crippen LogP contribution is 2.32. The van der Waals surface area contributed by atoms with Crippen LogP contribution in [0.5, 0.6) is 11.5 Å². The van der Waals surface area contributed by atoms with Crippen molar-refractivity contribution in [1.29, 1.82) is 0 Å². The SMILES string of the molecule is COc1cccnc1-c1ccc(O)c(Cl)c1. The van der Waals surface area contributed by atoms with E-state index in [2.05, 4.69) is 4.98 Å². The van der Waals surface area contributed by atoms with Crippen LogP contribution in [0.15, 0.2) is 36.5 Å². The van der Waals surface area contributed by atoms with Crippen LogP contribution in [0.1, 0.15) is 0 Å². The number of ether oxygens (including phenoxy) is 1. The number of rotatable bonds is 2. The average Bonchev–Trinajstić information content (AvgIpc) is 2.32. The first-order valence-electron chi connectivity index (χ1n) is 4.70. The molecule has 16 heavy (non-hydrogen) atoms. The summed E-state index contributed by atoms with van der Waals surface area (Å²) in [5.41, 5.74) is 1.51. The summed E-state index contributed by atoms with van der Waals surface area (Å²) in [5.74, 6) is 0.726. The van der Waals surface area contributed by atoms with Gasteiger partial charge in [0.15, 0.2) is 0 Å². The minimum atomic E-state index is 0.0558. The minimum Gasteiger partial charge on any atom is -0.506 e. The zero-order valence-corrected chi connectivity index (χ0v) is 9.40. The van der Waals surface area contributed by atoms with Crippen molar-refractivity contribution in [1.82, 2.24) is 4.98 Å². The van der Waals surface area contributed by atoms with Gasteiger partial charge in [-0.05, 0) is 30.3 Å². The van der Waals surface area contributed by atoms with Gasteiger partial charge in [0, 0.05) is 11.8 Å². The summed E-state index contributed by atoms with van der Waals surface area (Å²) in [7, 11) is 1.59. The number of pyridine rings is 1. The molecule has 0 bridgehead atoms. The van der Waals surface area contributed by atoms with Crippen LogP contribution in [-0.4, -0.2) is 17.2 Å². The minimum absolute atomic E-state index is 0.0558. The van der Waals surface area contributed by atoms with Crippen LogP contribution in [0.25, 0.3) is 11.3 Å². The lowest BCUT2D eigenvalue weighted by Crippen LogP contribution is -1.90. The number of aromatic nitrogens is 1. The Morgan fingerprint density at radius 1 is 1.31 bits per heavy atom. The molecule has 4 heteroatoms. The third kappa shape index (κ3) is 1.95. The Kier molecular flexibility index (Phi) is 2.97. The molecule has 1 heterocycles. The Labute approximate surface area is 98.3 Å². The molecule has 0 fully saturated rings. The molecule has 0 aliphatic carbocycles. The smallest absolute Gasteiger partial charge is 0.145 e. The van der Waals surface area contributed by atoms with E-state index in [1.54, 1.807) is 31.5 Å². The number of hydrogen-bond acceptors (Lipinski definition) is 3. The fourth-order valence-corrected chi connectivity index (χ4v) is 1.61. The van der Waals surface area contributed by atoms with Crippen molar-refractivity contribution in [2.75, 3.05) is 7.11 Å². The molecule has 0 unspecified atom stereocenters. The highest BCUT2D eigenvalue weighted by molar-refractivity contribution is 6.32. The van der Waals surface area contributed by atoms with Crippen molar-refractivity contribution in [2.24, 2.45) is 0 Å². The molecule has 0 atom stereocenters. The lowest BCUT2D eigenvalue weighted by molar-refractivity contribution is 0.415. The fourth-order valence-electron chi connectivity index (χ4n) is 1.43. The summed E-state index contributed by atoms with van der Waals surface area (Å²) in [6.45, 7) is 0. The van der Waals surface area contributed by atoms with Crippen molar-refractivity contribution in [2.45, 2.75) is 0 Å².